The fraction of sp³-hybridized carbons (Fsp3) is 0.286. The van der Waals surface area contributed by atoms with Gasteiger partial charge in [-0.05, 0) is 66.1 Å². The third-order valence-electron chi connectivity index (χ3n) is 6.91. The highest BCUT2D eigenvalue weighted by molar-refractivity contribution is 5.93. The van der Waals surface area contributed by atoms with E-state index in [-0.39, 0.29) is 11.5 Å². The van der Waals surface area contributed by atoms with Gasteiger partial charge in [-0.25, -0.2) is 4.98 Å². The fourth-order valence-corrected chi connectivity index (χ4v) is 4.97. The van der Waals surface area contributed by atoms with E-state index in [9.17, 15) is 4.79 Å². The molecule has 8 nitrogen and oxygen atoms in total. The number of aromatic amines is 1. The highest BCUT2D eigenvalue weighted by Gasteiger charge is 2.23. The van der Waals surface area contributed by atoms with Crippen molar-refractivity contribution in [1.29, 1.82) is 0 Å². The number of hydrazone groups is 1. The van der Waals surface area contributed by atoms with Crippen LogP contribution in [0.15, 0.2) is 76.9 Å². The van der Waals surface area contributed by atoms with Crippen LogP contribution in [0.1, 0.15) is 41.6 Å². The molecule has 182 valence electrons. The van der Waals surface area contributed by atoms with Gasteiger partial charge in [0.15, 0.2) is 0 Å². The van der Waals surface area contributed by atoms with Crippen molar-refractivity contribution < 1.29 is 4.74 Å². The smallest absolute Gasteiger partial charge is 0.259 e. The van der Waals surface area contributed by atoms with Crippen LogP contribution in [0, 0.1) is 0 Å². The zero-order chi connectivity index (χ0) is 24.3. The van der Waals surface area contributed by atoms with Crippen molar-refractivity contribution in [2.24, 2.45) is 5.10 Å². The molecule has 1 saturated heterocycles. The van der Waals surface area contributed by atoms with Crippen molar-refractivity contribution in [2.45, 2.75) is 31.2 Å². The van der Waals surface area contributed by atoms with Gasteiger partial charge in [0.05, 0.1) is 29.2 Å². The van der Waals surface area contributed by atoms with Gasteiger partial charge in [0.25, 0.3) is 5.56 Å². The van der Waals surface area contributed by atoms with Gasteiger partial charge in [0.1, 0.15) is 5.82 Å². The van der Waals surface area contributed by atoms with E-state index in [1.807, 2.05) is 41.6 Å². The van der Waals surface area contributed by atoms with Gasteiger partial charge in [0.2, 0.25) is 0 Å². The molecule has 0 amide bonds. The zero-order valence-corrected chi connectivity index (χ0v) is 19.9. The summed E-state index contributed by atoms with van der Waals surface area (Å²) in [7, 11) is 0. The molecular formula is C28H28N6O2. The Labute approximate surface area is 209 Å². The first kappa shape index (κ1) is 22.4. The van der Waals surface area contributed by atoms with Crippen LogP contribution >= 0.6 is 0 Å². The number of H-pyrrole nitrogens is 1. The molecule has 1 aromatic carbocycles. The first-order chi connectivity index (χ1) is 17.7. The van der Waals surface area contributed by atoms with E-state index in [4.69, 9.17) is 9.72 Å². The van der Waals surface area contributed by atoms with Crippen LogP contribution in [-0.2, 0) is 11.3 Å². The standard InChI is InChI=1S/C28H28N6O2/c35-28-26-21(8-12-30-28)15-25(22-16-31-34(17-22)18-24-3-1-2-11-29-24)33-27(26)32-23-6-4-19(5-7-23)20-9-13-36-14-10-20/h1-8,11-12,15-16,20,22H,9-10,13-14,17-18H2,(H,30,35)(H,32,33). The highest BCUT2D eigenvalue weighted by atomic mass is 16.5. The van der Waals surface area contributed by atoms with Crippen LogP contribution in [-0.4, -0.2) is 45.9 Å². The summed E-state index contributed by atoms with van der Waals surface area (Å²) in [6.07, 6.45) is 7.50. The fourth-order valence-electron chi connectivity index (χ4n) is 4.97. The van der Waals surface area contributed by atoms with Gasteiger partial charge >= 0.3 is 0 Å². The van der Waals surface area contributed by atoms with E-state index >= 15 is 0 Å². The van der Waals surface area contributed by atoms with Crippen LogP contribution in [0.5, 0.6) is 0 Å². The Kier molecular flexibility index (Phi) is 6.17. The quantitative estimate of drug-likeness (QED) is 0.421. The van der Waals surface area contributed by atoms with Crippen LogP contribution < -0.4 is 10.9 Å². The molecule has 0 spiro atoms. The number of hydrogen-bond acceptors (Lipinski definition) is 7. The summed E-state index contributed by atoms with van der Waals surface area (Å²) in [4.78, 5) is 24.8. The summed E-state index contributed by atoms with van der Waals surface area (Å²) in [6.45, 7) is 2.99. The summed E-state index contributed by atoms with van der Waals surface area (Å²) < 4.78 is 5.50. The number of anilines is 2. The SMILES string of the molecule is O=c1[nH]ccc2cc(C3C=NN(Cc4ccccn4)C3)nc(Nc3ccc(C4CCOCC4)cc3)c12. The average molecular weight is 481 g/mol. The van der Waals surface area contributed by atoms with Gasteiger partial charge in [-0.3, -0.25) is 14.8 Å². The summed E-state index contributed by atoms with van der Waals surface area (Å²) >= 11 is 0. The van der Waals surface area contributed by atoms with Gasteiger partial charge in [-0.2, -0.15) is 5.10 Å². The highest BCUT2D eigenvalue weighted by Crippen LogP contribution is 2.30. The van der Waals surface area contributed by atoms with Crippen LogP contribution in [0.4, 0.5) is 11.5 Å². The molecule has 4 aromatic rings. The van der Waals surface area contributed by atoms with Crippen molar-refractivity contribution >= 4 is 28.5 Å². The lowest BCUT2D eigenvalue weighted by Crippen LogP contribution is -2.19. The molecule has 3 aromatic heterocycles. The van der Waals surface area contributed by atoms with E-state index in [0.29, 0.717) is 30.2 Å². The Hall–Kier alpha value is -4.04. The molecule has 0 saturated carbocycles. The van der Waals surface area contributed by atoms with Gasteiger partial charge < -0.3 is 15.0 Å². The largest absolute Gasteiger partial charge is 0.381 e. The lowest BCUT2D eigenvalue weighted by atomic mass is 9.92. The predicted molar refractivity (Wildman–Crippen MR) is 141 cm³/mol. The summed E-state index contributed by atoms with van der Waals surface area (Å²) in [5.74, 6) is 1.11. The number of hydrogen-bond donors (Lipinski definition) is 2. The molecule has 0 radical (unpaired) electrons. The molecule has 8 heteroatoms. The average Bonchev–Trinajstić information content (AvgIpc) is 3.39. The van der Waals surface area contributed by atoms with E-state index in [0.717, 1.165) is 48.5 Å². The van der Waals surface area contributed by atoms with Crippen molar-refractivity contribution in [2.75, 3.05) is 25.1 Å². The number of benzene rings is 1. The molecule has 6 rings (SSSR count). The lowest BCUT2D eigenvalue weighted by Gasteiger charge is -2.22. The molecule has 1 atom stereocenters. The second-order valence-corrected chi connectivity index (χ2v) is 9.34. The number of nitrogens with zero attached hydrogens (tertiary/aromatic N) is 4. The normalized spacial score (nSPS) is 18.1. The van der Waals surface area contributed by atoms with E-state index in [2.05, 4.69) is 44.7 Å². The summed E-state index contributed by atoms with van der Waals surface area (Å²) in [5.41, 5.74) is 3.91. The number of pyridine rings is 3. The number of rotatable bonds is 6. The first-order valence-electron chi connectivity index (χ1n) is 12.4. The molecule has 5 heterocycles. The molecule has 1 unspecified atom stereocenters. The van der Waals surface area contributed by atoms with Crippen LogP contribution in [0.3, 0.4) is 0 Å². The van der Waals surface area contributed by atoms with Gasteiger partial charge in [0, 0.05) is 44.1 Å². The maximum atomic E-state index is 12.7. The van der Waals surface area contributed by atoms with Crippen LogP contribution in [0.25, 0.3) is 10.8 Å². The Balaban J connectivity index is 1.26. The zero-order valence-electron chi connectivity index (χ0n) is 19.9. The number of nitrogens with one attached hydrogen (secondary N) is 2. The Morgan fingerprint density at radius 3 is 2.75 bits per heavy atom. The van der Waals surface area contributed by atoms with E-state index in [1.165, 1.54) is 5.56 Å². The van der Waals surface area contributed by atoms with E-state index in [1.54, 1.807) is 12.4 Å². The monoisotopic (exact) mass is 480 g/mol. The number of fused-ring (bicyclic) bond motifs is 1. The minimum absolute atomic E-state index is 0.0221. The third-order valence-corrected chi connectivity index (χ3v) is 6.91. The molecule has 2 N–H and O–H groups in total. The maximum Gasteiger partial charge on any atom is 0.259 e. The topological polar surface area (TPSA) is 95.5 Å². The lowest BCUT2D eigenvalue weighted by molar-refractivity contribution is 0.0853. The molecule has 2 aliphatic rings. The van der Waals surface area contributed by atoms with Crippen molar-refractivity contribution in [3.05, 3.63) is 94.3 Å². The van der Waals surface area contributed by atoms with Crippen molar-refractivity contribution in [1.82, 2.24) is 20.0 Å². The van der Waals surface area contributed by atoms with E-state index < -0.39 is 0 Å². The van der Waals surface area contributed by atoms with Crippen molar-refractivity contribution in [3.8, 4) is 0 Å². The minimum Gasteiger partial charge on any atom is -0.381 e. The molecule has 2 aliphatic heterocycles. The summed E-state index contributed by atoms with van der Waals surface area (Å²) in [5, 5.41) is 11.4. The predicted octanol–water partition coefficient (Wildman–Crippen LogP) is 4.54. The number of aromatic nitrogens is 3. The van der Waals surface area contributed by atoms with Gasteiger partial charge in [-0.1, -0.05) is 18.2 Å². The molecule has 1 fully saturated rings. The summed E-state index contributed by atoms with van der Waals surface area (Å²) in [6, 6.07) is 18.2. The maximum absolute atomic E-state index is 12.7. The molecule has 36 heavy (non-hydrogen) atoms. The molecule has 0 aliphatic carbocycles. The van der Waals surface area contributed by atoms with Gasteiger partial charge in [-0.15, -0.1) is 0 Å². The molecule has 0 bridgehead atoms. The first-order valence-corrected chi connectivity index (χ1v) is 12.4. The Morgan fingerprint density at radius 1 is 1.08 bits per heavy atom. The Bertz CT molecular complexity index is 1430. The van der Waals surface area contributed by atoms with Crippen LogP contribution in [0.2, 0.25) is 0 Å². The second-order valence-electron chi connectivity index (χ2n) is 9.34. The molecular weight excluding hydrogens is 452 g/mol. The minimum atomic E-state index is -0.162. The third kappa shape index (κ3) is 4.72. The second kappa shape index (κ2) is 9.91. The Morgan fingerprint density at radius 2 is 1.94 bits per heavy atom. The van der Waals surface area contributed by atoms with Crippen molar-refractivity contribution in [3.63, 3.8) is 0 Å². The number of ether oxygens (including phenoxy) is 1.